The lowest BCUT2D eigenvalue weighted by molar-refractivity contribution is 0.0655. The highest BCUT2D eigenvalue weighted by atomic mass is 16.5. The first kappa shape index (κ1) is 17.6. The lowest BCUT2D eigenvalue weighted by atomic mass is 10.1. The Morgan fingerprint density at radius 3 is 2.58 bits per heavy atom. The van der Waals surface area contributed by atoms with Crippen molar-refractivity contribution < 1.29 is 19.1 Å². The molecule has 0 saturated heterocycles. The molecule has 1 unspecified atom stereocenters. The highest BCUT2D eigenvalue weighted by Gasteiger charge is 2.14. The van der Waals surface area contributed by atoms with Crippen LogP contribution < -0.4 is 5.63 Å². The van der Waals surface area contributed by atoms with Crippen LogP contribution in [0.5, 0.6) is 5.75 Å². The molecule has 0 radical (unpaired) electrons. The van der Waals surface area contributed by atoms with Crippen molar-refractivity contribution in [2.24, 2.45) is 4.99 Å². The molecule has 0 aliphatic rings. The maximum absolute atomic E-state index is 12.0. The fourth-order valence-corrected chi connectivity index (χ4v) is 2.02. The molecule has 0 fully saturated rings. The van der Waals surface area contributed by atoms with Crippen molar-refractivity contribution in [1.82, 2.24) is 0 Å². The van der Waals surface area contributed by atoms with Crippen LogP contribution in [0.3, 0.4) is 0 Å². The molecule has 0 aliphatic heterocycles. The van der Waals surface area contributed by atoms with Gasteiger partial charge in [0.15, 0.2) is 5.78 Å². The molecule has 2 aromatic rings. The minimum atomic E-state index is -0.642. The SMILES string of the molecule is CCc1cc(O)c(C=Nc2ccc(C(=O)C(C)OC)cc2)c(=O)o1. The minimum absolute atomic E-state index is 0.0136. The Bertz CT molecular complexity index is 805. The maximum atomic E-state index is 12.0. The summed E-state index contributed by atoms with van der Waals surface area (Å²) in [4.78, 5) is 27.9. The van der Waals surface area contributed by atoms with E-state index in [0.29, 0.717) is 23.4 Å². The molecule has 0 aliphatic carbocycles. The number of ketones is 1. The van der Waals surface area contributed by atoms with Crippen molar-refractivity contribution in [3.05, 3.63) is 57.6 Å². The lowest BCUT2D eigenvalue weighted by Gasteiger charge is -2.07. The van der Waals surface area contributed by atoms with Crippen molar-refractivity contribution >= 4 is 17.7 Å². The third-order valence-corrected chi connectivity index (χ3v) is 3.58. The second kappa shape index (κ2) is 7.70. The zero-order valence-electron chi connectivity index (χ0n) is 13.8. The number of rotatable bonds is 6. The molecule has 0 bridgehead atoms. The van der Waals surface area contributed by atoms with Gasteiger partial charge in [-0.25, -0.2) is 4.79 Å². The average Bonchev–Trinajstić information content (AvgIpc) is 2.60. The van der Waals surface area contributed by atoms with Gasteiger partial charge in [0.25, 0.3) is 0 Å². The zero-order chi connectivity index (χ0) is 17.7. The highest BCUT2D eigenvalue weighted by Crippen LogP contribution is 2.17. The van der Waals surface area contributed by atoms with Gasteiger partial charge < -0.3 is 14.3 Å². The van der Waals surface area contributed by atoms with Crippen LogP contribution in [0.2, 0.25) is 0 Å². The topological polar surface area (TPSA) is 89.1 Å². The van der Waals surface area contributed by atoms with Gasteiger partial charge in [0.05, 0.1) is 5.69 Å². The molecule has 0 saturated carbocycles. The van der Waals surface area contributed by atoms with E-state index in [2.05, 4.69) is 4.99 Å². The standard InChI is InChI=1S/C18H19NO5/c1-4-14-9-16(20)15(18(22)24-14)10-19-13-7-5-12(6-8-13)17(21)11(2)23-3/h5-11,20H,4H2,1-3H3. The van der Waals surface area contributed by atoms with E-state index >= 15 is 0 Å². The molecule has 2 rings (SSSR count). The Morgan fingerprint density at radius 2 is 2.04 bits per heavy atom. The monoisotopic (exact) mass is 329 g/mol. The Balaban J connectivity index is 2.22. The molecule has 1 heterocycles. The number of aryl methyl sites for hydroxylation is 1. The lowest BCUT2D eigenvalue weighted by Crippen LogP contribution is -2.18. The summed E-state index contributed by atoms with van der Waals surface area (Å²) < 4.78 is 10.0. The van der Waals surface area contributed by atoms with Crippen LogP contribution in [-0.4, -0.2) is 30.3 Å². The van der Waals surface area contributed by atoms with Gasteiger partial charge in [0, 0.05) is 31.4 Å². The molecule has 0 amide bonds. The van der Waals surface area contributed by atoms with Gasteiger partial charge in [0.1, 0.15) is 23.2 Å². The number of hydrogen-bond acceptors (Lipinski definition) is 6. The average molecular weight is 329 g/mol. The first-order valence-electron chi connectivity index (χ1n) is 7.53. The van der Waals surface area contributed by atoms with Crippen molar-refractivity contribution in [3.8, 4) is 5.75 Å². The predicted octanol–water partition coefficient (Wildman–Crippen LogP) is 2.88. The fourth-order valence-electron chi connectivity index (χ4n) is 2.02. The van der Waals surface area contributed by atoms with E-state index in [0.717, 1.165) is 0 Å². The number of aliphatic imine (C=N–C) groups is 1. The van der Waals surface area contributed by atoms with Gasteiger partial charge >= 0.3 is 5.63 Å². The maximum Gasteiger partial charge on any atom is 0.348 e. The molecular weight excluding hydrogens is 310 g/mol. The quantitative estimate of drug-likeness (QED) is 0.650. The number of aromatic hydroxyl groups is 1. The Labute approximate surface area is 139 Å². The van der Waals surface area contributed by atoms with E-state index in [1.54, 1.807) is 31.2 Å². The number of benzene rings is 1. The summed E-state index contributed by atoms with van der Waals surface area (Å²) in [7, 11) is 1.48. The molecule has 6 nitrogen and oxygen atoms in total. The molecule has 1 N–H and O–H groups in total. The van der Waals surface area contributed by atoms with Gasteiger partial charge in [-0.2, -0.15) is 0 Å². The summed E-state index contributed by atoms with van der Waals surface area (Å²) in [5.74, 6) is 0.110. The van der Waals surface area contributed by atoms with Crippen molar-refractivity contribution in [3.63, 3.8) is 0 Å². The molecule has 0 spiro atoms. The van der Waals surface area contributed by atoms with Gasteiger partial charge in [-0.15, -0.1) is 0 Å². The summed E-state index contributed by atoms with van der Waals surface area (Å²) in [6, 6.07) is 7.95. The number of carbonyl (C=O) groups excluding carboxylic acids is 1. The number of nitrogens with zero attached hydrogens (tertiary/aromatic N) is 1. The van der Waals surface area contributed by atoms with Crippen molar-refractivity contribution in [1.29, 1.82) is 0 Å². The second-order valence-electron chi connectivity index (χ2n) is 5.20. The van der Waals surface area contributed by atoms with Crippen LogP contribution in [0.25, 0.3) is 0 Å². The zero-order valence-corrected chi connectivity index (χ0v) is 13.8. The van der Waals surface area contributed by atoms with E-state index < -0.39 is 11.7 Å². The van der Waals surface area contributed by atoms with Crippen LogP contribution >= 0.6 is 0 Å². The Kier molecular flexibility index (Phi) is 5.65. The third kappa shape index (κ3) is 3.97. The van der Waals surface area contributed by atoms with Crippen molar-refractivity contribution in [2.75, 3.05) is 7.11 Å². The first-order valence-corrected chi connectivity index (χ1v) is 7.53. The number of hydrogen-bond donors (Lipinski definition) is 1. The molecule has 1 aromatic carbocycles. The molecule has 1 aromatic heterocycles. The van der Waals surface area contributed by atoms with Crippen LogP contribution in [0, 0.1) is 0 Å². The fraction of sp³-hybridized carbons (Fsp3) is 0.278. The molecular formula is C18H19NO5. The molecule has 1 atom stereocenters. The van der Waals surface area contributed by atoms with E-state index in [9.17, 15) is 14.7 Å². The van der Waals surface area contributed by atoms with E-state index in [-0.39, 0.29) is 17.1 Å². The Morgan fingerprint density at radius 1 is 1.38 bits per heavy atom. The first-order chi connectivity index (χ1) is 11.5. The van der Waals surface area contributed by atoms with Gasteiger partial charge in [-0.05, 0) is 31.2 Å². The van der Waals surface area contributed by atoms with Gasteiger partial charge in [-0.1, -0.05) is 6.92 Å². The van der Waals surface area contributed by atoms with Crippen LogP contribution in [0.4, 0.5) is 5.69 Å². The third-order valence-electron chi connectivity index (χ3n) is 3.58. The smallest absolute Gasteiger partial charge is 0.348 e. The van der Waals surface area contributed by atoms with Crippen LogP contribution in [0.1, 0.15) is 35.5 Å². The van der Waals surface area contributed by atoms with Gasteiger partial charge in [0.2, 0.25) is 0 Å². The second-order valence-corrected chi connectivity index (χ2v) is 5.20. The van der Waals surface area contributed by atoms with E-state index in [1.165, 1.54) is 19.4 Å². The predicted molar refractivity (Wildman–Crippen MR) is 90.5 cm³/mol. The van der Waals surface area contributed by atoms with Crippen molar-refractivity contribution in [2.45, 2.75) is 26.4 Å². The summed E-state index contributed by atoms with van der Waals surface area (Å²) in [5.41, 5.74) is 0.393. The summed E-state index contributed by atoms with van der Waals surface area (Å²) >= 11 is 0. The van der Waals surface area contributed by atoms with E-state index in [4.69, 9.17) is 9.15 Å². The van der Waals surface area contributed by atoms with E-state index in [1.807, 2.05) is 6.92 Å². The number of ether oxygens (including phenoxy) is 1. The minimum Gasteiger partial charge on any atom is -0.507 e. The largest absolute Gasteiger partial charge is 0.507 e. The number of Topliss-reactive ketones (excluding diaryl/α,β-unsaturated/α-hetero) is 1. The number of methoxy groups -OCH3 is 1. The molecule has 6 heteroatoms. The molecule has 126 valence electrons. The normalized spacial score (nSPS) is 12.5. The summed E-state index contributed by atoms with van der Waals surface area (Å²) in [5, 5.41) is 9.88. The highest BCUT2D eigenvalue weighted by molar-refractivity contribution is 5.99. The molecule has 24 heavy (non-hydrogen) atoms. The van der Waals surface area contributed by atoms with Crippen LogP contribution in [-0.2, 0) is 11.2 Å². The number of carbonyl (C=O) groups is 1. The van der Waals surface area contributed by atoms with Gasteiger partial charge in [-0.3, -0.25) is 9.79 Å². The Hall–Kier alpha value is -2.73. The van der Waals surface area contributed by atoms with Crippen LogP contribution in [0.15, 0.2) is 44.5 Å². The summed E-state index contributed by atoms with van der Waals surface area (Å²) in [6.45, 7) is 3.50. The summed E-state index contributed by atoms with van der Waals surface area (Å²) in [6.07, 6.45) is 1.24.